The van der Waals surface area contributed by atoms with Crippen molar-refractivity contribution >= 4 is 29.2 Å². The van der Waals surface area contributed by atoms with Gasteiger partial charge in [-0.2, -0.15) is 0 Å². The Kier molecular flexibility index (Phi) is 3.14. The fourth-order valence-electron chi connectivity index (χ4n) is 5.24. The first-order valence-corrected chi connectivity index (χ1v) is 8.91. The van der Waals surface area contributed by atoms with Crippen molar-refractivity contribution in [3.8, 4) is 5.75 Å². The minimum absolute atomic E-state index is 0.0850. The molecule has 0 N–H and O–H groups in total. The first-order chi connectivity index (χ1) is 12.9. The Labute approximate surface area is 153 Å². The van der Waals surface area contributed by atoms with Crippen LogP contribution in [0, 0.1) is 45.6 Å². The molecule has 0 aromatic heterocycles. The van der Waals surface area contributed by atoms with Gasteiger partial charge >= 0.3 is 11.7 Å². The lowest BCUT2D eigenvalue weighted by Crippen LogP contribution is -2.40. The van der Waals surface area contributed by atoms with Gasteiger partial charge in [0.2, 0.25) is 17.6 Å². The number of amides is 2. The van der Waals surface area contributed by atoms with E-state index in [0.717, 1.165) is 24.3 Å². The summed E-state index contributed by atoms with van der Waals surface area (Å²) in [5, 5.41) is 11.4. The number of rotatable bonds is 3. The predicted molar refractivity (Wildman–Crippen MR) is 91.6 cm³/mol. The molecule has 0 spiro atoms. The molecule has 6 atom stereocenters. The van der Waals surface area contributed by atoms with Crippen LogP contribution in [0.4, 0.5) is 11.4 Å². The van der Waals surface area contributed by atoms with Crippen molar-refractivity contribution in [3.63, 3.8) is 0 Å². The third kappa shape index (κ3) is 2.12. The van der Waals surface area contributed by atoms with Crippen LogP contribution in [0.25, 0.3) is 0 Å². The fourth-order valence-corrected chi connectivity index (χ4v) is 5.24. The molecule has 27 heavy (non-hydrogen) atoms. The molecule has 5 aliphatic rings. The Morgan fingerprint density at radius 3 is 2.26 bits per heavy atom. The van der Waals surface area contributed by atoms with Gasteiger partial charge in [-0.25, -0.2) is 4.90 Å². The molecule has 1 saturated heterocycles. The molecule has 1 aliphatic heterocycles. The largest absolute Gasteiger partial charge is 0.419 e. The third-order valence-corrected chi connectivity index (χ3v) is 6.31. The molecule has 0 unspecified atom stereocenters. The molecule has 2 saturated carbocycles. The van der Waals surface area contributed by atoms with Crippen molar-refractivity contribution in [2.24, 2.45) is 35.5 Å². The van der Waals surface area contributed by atoms with E-state index in [0.29, 0.717) is 11.8 Å². The average molecular weight is 368 g/mol. The van der Waals surface area contributed by atoms with Gasteiger partial charge < -0.3 is 4.74 Å². The highest BCUT2D eigenvalue weighted by molar-refractivity contribution is 6.22. The highest BCUT2D eigenvalue weighted by atomic mass is 16.6. The van der Waals surface area contributed by atoms with E-state index >= 15 is 0 Å². The predicted octanol–water partition coefficient (Wildman–Crippen LogP) is 2.08. The van der Waals surface area contributed by atoms with E-state index in [1.54, 1.807) is 0 Å². The molecule has 138 valence electrons. The Balaban J connectivity index is 1.53. The second-order valence-corrected chi connectivity index (χ2v) is 7.67. The molecule has 6 rings (SSSR count). The Morgan fingerprint density at radius 2 is 1.74 bits per heavy atom. The van der Waals surface area contributed by atoms with Crippen molar-refractivity contribution in [2.45, 2.75) is 13.3 Å². The van der Waals surface area contributed by atoms with Crippen LogP contribution in [0.2, 0.25) is 0 Å². The van der Waals surface area contributed by atoms with E-state index in [2.05, 4.69) is 12.2 Å². The van der Waals surface area contributed by atoms with Gasteiger partial charge in [0, 0.05) is 13.0 Å². The number of hydrogen-bond donors (Lipinski definition) is 0. The fraction of sp³-hybridized carbons (Fsp3) is 0.421. The third-order valence-electron chi connectivity index (χ3n) is 6.31. The summed E-state index contributed by atoms with van der Waals surface area (Å²) in [7, 11) is 0. The van der Waals surface area contributed by atoms with E-state index < -0.39 is 16.6 Å². The molecule has 1 heterocycles. The summed E-state index contributed by atoms with van der Waals surface area (Å²) in [6.45, 7) is 1.14. The van der Waals surface area contributed by atoms with Crippen molar-refractivity contribution < 1.29 is 24.0 Å². The number of hydrogen-bond acceptors (Lipinski definition) is 6. The SMILES string of the molecule is CC(=O)Oc1ccc(N2C(=O)[C@@H]3[C@@H]4C=C[C@H]([C@@H]5C[C@H]45)[C@H]3C2=O)cc1[N+](=O)[O-]. The number of nitro groups is 1. The van der Waals surface area contributed by atoms with Crippen molar-refractivity contribution in [1.29, 1.82) is 0 Å². The van der Waals surface area contributed by atoms with Gasteiger partial charge in [-0.05, 0) is 42.2 Å². The molecular formula is C19H16N2O6. The maximum absolute atomic E-state index is 13.1. The molecule has 0 radical (unpaired) electrons. The van der Waals surface area contributed by atoms with Crippen LogP contribution in [-0.4, -0.2) is 22.7 Å². The minimum atomic E-state index is -0.694. The lowest BCUT2D eigenvalue weighted by molar-refractivity contribution is -0.385. The Hall–Kier alpha value is -3.03. The number of allylic oxidation sites excluding steroid dienone is 2. The molecule has 2 amide bonds. The Bertz CT molecular complexity index is 918. The minimum Gasteiger partial charge on any atom is -0.419 e. The topological polar surface area (TPSA) is 107 Å². The van der Waals surface area contributed by atoms with Crippen LogP contribution < -0.4 is 9.64 Å². The number of imide groups is 1. The van der Waals surface area contributed by atoms with Gasteiger partial charge in [-0.15, -0.1) is 0 Å². The van der Waals surface area contributed by atoms with Gasteiger partial charge in [0.15, 0.2) is 0 Å². The number of esters is 1. The highest BCUT2D eigenvalue weighted by Gasteiger charge is 2.67. The zero-order valence-corrected chi connectivity index (χ0v) is 14.4. The van der Waals surface area contributed by atoms with Gasteiger partial charge in [0.1, 0.15) is 0 Å². The van der Waals surface area contributed by atoms with E-state index in [9.17, 15) is 24.5 Å². The van der Waals surface area contributed by atoms with Gasteiger partial charge in [-0.1, -0.05) is 12.2 Å². The second kappa shape index (κ2) is 5.25. The lowest BCUT2D eigenvalue weighted by atomic mass is 9.63. The van der Waals surface area contributed by atoms with Gasteiger partial charge in [0.25, 0.3) is 0 Å². The van der Waals surface area contributed by atoms with E-state index in [1.807, 2.05) is 0 Å². The van der Waals surface area contributed by atoms with Crippen LogP contribution in [0.3, 0.4) is 0 Å². The average Bonchev–Trinajstić information content (AvgIpc) is 3.39. The van der Waals surface area contributed by atoms with Gasteiger partial charge in [-0.3, -0.25) is 24.5 Å². The first-order valence-electron chi connectivity index (χ1n) is 8.91. The first kappa shape index (κ1) is 16.2. The Morgan fingerprint density at radius 1 is 1.15 bits per heavy atom. The summed E-state index contributed by atoms with van der Waals surface area (Å²) in [4.78, 5) is 49.0. The zero-order chi connectivity index (χ0) is 19.0. The second-order valence-electron chi connectivity index (χ2n) is 7.67. The normalized spacial score (nSPS) is 35.1. The number of nitro benzene ring substituents is 1. The highest BCUT2D eigenvalue weighted by Crippen LogP contribution is 2.65. The van der Waals surface area contributed by atoms with Crippen LogP contribution >= 0.6 is 0 Å². The molecule has 1 aromatic rings. The summed E-state index contributed by atoms with van der Waals surface area (Å²) in [5.74, 6) is -1.08. The van der Waals surface area contributed by atoms with Crippen LogP contribution in [0.1, 0.15) is 13.3 Å². The molecule has 3 fully saturated rings. The van der Waals surface area contributed by atoms with Crippen LogP contribution in [0.5, 0.6) is 5.75 Å². The molecule has 8 heteroatoms. The molecular weight excluding hydrogens is 352 g/mol. The van der Waals surface area contributed by atoms with Crippen molar-refractivity contribution in [2.75, 3.05) is 4.90 Å². The quantitative estimate of drug-likeness (QED) is 0.202. The lowest BCUT2D eigenvalue weighted by Gasteiger charge is -2.37. The number of anilines is 1. The maximum Gasteiger partial charge on any atom is 0.313 e. The number of carbonyl (C=O) groups is 3. The monoisotopic (exact) mass is 368 g/mol. The van der Waals surface area contributed by atoms with E-state index in [1.165, 1.54) is 12.1 Å². The number of carbonyl (C=O) groups excluding carboxylic acids is 3. The molecule has 2 bridgehead atoms. The molecule has 4 aliphatic carbocycles. The summed E-state index contributed by atoms with van der Waals surface area (Å²) < 4.78 is 4.86. The maximum atomic E-state index is 13.1. The summed E-state index contributed by atoms with van der Waals surface area (Å²) in [6.07, 6.45) is 5.21. The zero-order valence-electron chi connectivity index (χ0n) is 14.4. The van der Waals surface area contributed by atoms with Crippen molar-refractivity contribution in [3.05, 3.63) is 40.5 Å². The van der Waals surface area contributed by atoms with E-state index in [4.69, 9.17) is 4.74 Å². The van der Waals surface area contributed by atoms with E-state index in [-0.39, 0.29) is 46.9 Å². The number of ether oxygens (including phenoxy) is 1. The number of benzene rings is 1. The van der Waals surface area contributed by atoms with Crippen molar-refractivity contribution in [1.82, 2.24) is 0 Å². The smallest absolute Gasteiger partial charge is 0.313 e. The summed E-state index contributed by atoms with van der Waals surface area (Å²) >= 11 is 0. The standard InChI is InChI=1S/C19H16N2O6/c1-8(22)27-15-5-2-9(6-14(15)21(25)26)20-18(23)16-10-3-4-11(13-7-12(10)13)17(16)19(20)24/h2-6,10-13,16-17H,7H2,1H3/t10-,11-,12-,13+,16-,17-/m1/s1. The molecule has 8 nitrogen and oxygen atoms in total. The number of nitrogens with zero attached hydrogens (tertiary/aromatic N) is 2. The molecule has 1 aromatic carbocycles. The summed E-state index contributed by atoms with van der Waals surface area (Å²) in [6, 6.07) is 3.79. The van der Waals surface area contributed by atoms with Gasteiger partial charge in [0.05, 0.1) is 22.4 Å². The van der Waals surface area contributed by atoms with Crippen LogP contribution in [0.15, 0.2) is 30.4 Å². The summed E-state index contributed by atoms with van der Waals surface area (Å²) in [5.41, 5.74) is -0.308. The van der Waals surface area contributed by atoms with Crippen LogP contribution in [-0.2, 0) is 14.4 Å².